The third kappa shape index (κ3) is 4.99. The molecule has 2 aromatic carbocycles. The summed E-state index contributed by atoms with van der Waals surface area (Å²) in [6.45, 7) is 8.14. The van der Waals surface area contributed by atoms with E-state index in [-0.39, 0.29) is 11.7 Å². The van der Waals surface area contributed by atoms with E-state index in [1.807, 2.05) is 17.0 Å². The van der Waals surface area contributed by atoms with Crippen LogP contribution in [0.15, 0.2) is 42.5 Å². The van der Waals surface area contributed by atoms with Crippen LogP contribution in [-0.2, 0) is 13.1 Å². The van der Waals surface area contributed by atoms with E-state index in [0.29, 0.717) is 35.8 Å². The van der Waals surface area contributed by atoms with E-state index in [4.69, 9.17) is 4.74 Å². The monoisotopic (exact) mass is 411 g/mol. The molecule has 0 atom stereocenters. The van der Waals surface area contributed by atoms with Gasteiger partial charge < -0.3 is 14.2 Å². The van der Waals surface area contributed by atoms with Crippen LogP contribution in [0, 0.1) is 11.7 Å². The molecule has 3 rings (SSSR count). The van der Waals surface area contributed by atoms with Gasteiger partial charge in [0.25, 0.3) is 5.91 Å². The molecule has 1 amide bonds. The van der Waals surface area contributed by atoms with E-state index in [1.165, 1.54) is 12.1 Å². The highest BCUT2D eigenvalue weighted by Crippen LogP contribution is 2.21. The molecule has 1 aromatic heterocycles. The van der Waals surface area contributed by atoms with Crippen LogP contribution in [0.1, 0.15) is 49.8 Å². The number of imidazole rings is 1. The Morgan fingerprint density at radius 2 is 2.03 bits per heavy atom. The van der Waals surface area contributed by atoms with Crippen LogP contribution in [0.2, 0.25) is 0 Å². The molecule has 160 valence electrons. The van der Waals surface area contributed by atoms with E-state index in [9.17, 15) is 9.18 Å². The van der Waals surface area contributed by atoms with Crippen LogP contribution in [0.3, 0.4) is 0 Å². The summed E-state index contributed by atoms with van der Waals surface area (Å²) in [7, 11) is 1.59. The molecule has 3 aromatic rings. The Balaban J connectivity index is 1.96. The normalized spacial score (nSPS) is 11.3. The largest absolute Gasteiger partial charge is 0.497 e. The molecule has 0 unspecified atom stereocenters. The smallest absolute Gasteiger partial charge is 0.254 e. The molecule has 0 aliphatic carbocycles. The molecule has 0 bridgehead atoms. The maximum atomic E-state index is 13.7. The number of carbonyl (C=O) groups excluding carboxylic acids is 1. The van der Waals surface area contributed by atoms with Crippen molar-refractivity contribution in [3.05, 3.63) is 59.7 Å². The summed E-state index contributed by atoms with van der Waals surface area (Å²) in [6.07, 6.45) is 1.81. The van der Waals surface area contributed by atoms with Gasteiger partial charge in [-0.05, 0) is 49.1 Å². The minimum Gasteiger partial charge on any atom is -0.497 e. The molecule has 0 saturated heterocycles. The van der Waals surface area contributed by atoms with Crippen molar-refractivity contribution in [3.63, 3.8) is 0 Å². The third-order valence-corrected chi connectivity index (χ3v) is 5.15. The molecule has 5 nitrogen and oxygen atoms in total. The second kappa shape index (κ2) is 9.74. The van der Waals surface area contributed by atoms with Gasteiger partial charge in [0.05, 0.1) is 24.7 Å². The summed E-state index contributed by atoms with van der Waals surface area (Å²) in [5.74, 6) is 1.53. The van der Waals surface area contributed by atoms with Crippen LogP contribution in [0.25, 0.3) is 11.0 Å². The van der Waals surface area contributed by atoms with Gasteiger partial charge in [0.1, 0.15) is 17.4 Å². The van der Waals surface area contributed by atoms with Crippen molar-refractivity contribution >= 4 is 16.9 Å². The highest BCUT2D eigenvalue weighted by Gasteiger charge is 2.21. The Kier molecular flexibility index (Phi) is 7.08. The van der Waals surface area contributed by atoms with Crippen LogP contribution in [0.5, 0.6) is 5.75 Å². The van der Waals surface area contributed by atoms with E-state index in [0.717, 1.165) is 30.7 Å². The SMILES string of the molecule is CCCn1c(CN(CCC(C)C)C(=O)c2cccc(OC)c2)nc2cc(F)ccc21. The highest BCUT2D eigenvalue weighted by atomic mass is 19.1. The van der Waals surface area contributed by atoms with Crippen LogP contribution in [0.4, 0.5) is 4.39 Å². The number of carbonyl (C=O) groups is 1. The fourth-order valence-corrected chi connectivity index (χ4v) is 3.52. The van der Waals surface area contributed by atoms with E-state index in [1.54, 1.807) is 25.3 Å². The van der Waals surface area contributed by atoms with Crippen LogP contribution in [-0.4, -0.2) is 34.0 Å². The topological polar surface area (TPSA) is 47.4 Å². The number of amides is 1. The van der Waals surface area contributed by atoms with Crippen molar-refractivity contribution in [2.75, 3.05) is 13.7 Å². The van der Waals surface area contributed by atoms with Gasteiger partial charge in [-0.1, -0.05) is 26.8 Å². The number of aryl methyl sites for hydroxylation is 1. The minimum absolute atomic E-state index is 0.0594. The molecule has 0 fully saturated rings. The van der Waals surface area contributed by atoms with Crippen molar-refractivity contribution in [2.45, 2.75) is 46.7 Å². The van der Waals surface area contributed by atoms with Gasteiger partial charge in [-0.2, -0.15) is 0 Å². The molecule has 30 heavy (non-hydrogen) atoms. The standard InChI is InChI=1S/C24H30FN3O2/c1-5-12-28-22-10-9-19(25)15-21(22)26-23(28)16-27(13-11-17(2)3)24(29)18-7-6-8-20(14-18)30-4/h6-10,14-15,17H,5,11-13,16H2,1-4H3. The predicted molar refractivity (Wildman–Crippen MR) is 117 cm³/mol. The third-order valence-electron chi connectivity index (χ3n) is 5.15. The van der Waals surface area contributed by atoms with Gasteiger partial charge in [-0.25, -0.2) is 9.37 Å². The summed E-state index contributed by atoms with van der Waals surface area (Å²) >= 11 is 0. The van der Waals surface area contributed by atoms with Gasteiger partial charge in [0, 0.05) is 24.7 Å². The van der Waals surface area contributed by atoms with Crippen molar-refractivity contribution in [2.24, 2.45) is 5.92 Å². The molecule has 1 heterocycles. The van der Waals surface area contributed by atoms with Crippen LogP contribution < -0.4 is 4.74 Å². The molecule has 0 N–H and O–H groups in total. The highest BCUT2D eigenvalue weighted by molar-refractivity contribution is 5.94. The molecular weight excluding hydrogens is 381 g/mol. The van der Waals surface area contributed by atoms with E-state index in [2.05, 4.69) is 30.3 Å². The zero-order chi connectivity index (χ0) is 21.7. The number of halogens is 1. The maximum Gasteiger partial charge on any atom is 0.254 e. The first-order valence-electron chi connectivity index (χ1n) is 10.5. The fourth-order valence-electron chi connectivity index (χ4n) is 3.52. The summed E-state index contributed by atoms with van der Waals surface area (Å²) in [6, 6.07) is 11.9. The van der Waals surface area contributed by atoms with Gasteiger partial charge in [-0.15, -0.1) is 0 Å². The molecule has 0 aliphatic rings. The van der Waals surface area contributed by atoms with E-state index < -0.39 is 0 Å². The average Bonchev–Trinajstić information content (AvgIpc) is 3.06. The minimum atomic E-state index is -0.306. The lowest BCUT2D eigenvalue weighted by Crippen LogP contribution is -2.33. The predicted octanol–water partition coefficient (Wildman–Crippen LogP) is 5.28. The number of benzene rings is 2. The molecule has 0 aliphatic heterocycles. The first-order chi connectivity index (χ1) is 14.4. The van der Waals surface area contributed by atoms with Crippen molar-refractivity contribution in [3.8, 4) is 5.75 Å². The zero-order valence-electron chi connectivity index (χ0n) is 18.2. The lowest BCUT2D eigenvalue weighted by Gasteiger charge is -2.24. The zero-order valence-corrected chi connectivity index (χ0v) is 18.2. The van der Waals surface area contributed by atoms with Crippen molar-refractivity contribution < 1.29 is 13.9 Å². The summed E-state index contributed by atoms with van der Waals surface area (Å²) in [5.41, 5.74) is 2.10. The number of hydrogen-bond donors (Lipinski definition) is 0. The lowest BCUT2D eigenvalue weighted by molar-refractivity contribution is 0.0729. The first-order valence-corrected chi connectivity index (χ1v) is 10.5. The van der Waals surface area contributed by atoms with E-state index >= 15 is 0 Å². The number of ether oxygens (including phenoxy) is 1. The Morgan fingerprint density at radius 3 is 2.73 bits per heavy atom. The maximum absolute atomic E-state index is 13.7. The number of hydrogen-bond acceptors (Lipinski definition) is 3. The number of fused-ring (bicyclic) bond motifs is 1. The number of aromatic nitrogens is 2. The van der Waals surface area contributed by atoms with Gasteiger partial charge in [0.15, 0.2) is 0 Å². The molecule has 0 saturated carbocycles. The molecular formula is C24H30FN3O2. The Hall–Kier alpha value is -2.89. The Morgan fingerprint density at radius 1 is 1.23 bits per heavy atom. The second-order valence-corrected chi connectivity index (χ2v) is 7.95. The number of rotatable bonds is 9. The number of nitrogens with zero attached hydrogens (tertiary/aromatic N) is 3. The van der Waals surface area contributed by atoms with Gasteiger partial charge in [-0.3, -0.25) is 4.79 Å². The fraction of sp³-hybridized carbons (Fsp3) is 0.417. The van der Waals surface area contributed by atoms with Crippen molar-refractivity contribution in [1.82, 2.24) is 14.5 Å². The number of methoxy groups -OCH3 is 1. The first kappa shape index (κ1) is 21.8. The molecule has 0 spiro atoms. The Labute approximate surface area is 177 Å². The lowest BCUT2D eigenvalue weighted by atomic mass is 10.1. The Bertz CT molecular complexity index is 1010. The quantitative estimate of drug-likeness (QED) is 0.481. The second-order valence-electron chi connectivity index (χ2n) is 7.95. The summed E-state index contributed by atoms with van der Waals surface area (Å²) in [5, 5.41) is 0. The van der Waals surface area contributed by atoms with Gasteiger partial charge >= 0.3 is 0 Å². The van der Waals surface area contributed by atoms with Crippen LogP contribution >= 0.6 is 0 Å². The summed E-state index contributed by atoms with van der Waals surface area (Å²) < 4.78 is 21.1. The average molecular weight is 412 g/mol. The summed E-state index contributed by atoms with van der Waals surface area (Å²) in [4.78, 5) is 19.8. The van der Waals surface area contributed by atoms with Crippen molar-refractivity contribution in [1.29, 1.82) is 0 Å². The molecule has 0 radical (unpaired) electrons. The van der Waals surface area contributed by atoms with Gasteiger partial charge in [0.2, 0.25) is 0 Å². The molecule has 6 heteroatoms.